The lowest BCUT2D eigenvalue weighted by Crippen LogP contribution is -2.39. The molecular weight excluding hydrogens is 306 g/mol. The summed E-state index contributed by atoms with van der Waals surface area (Å²) < 4.78 is 5.53. The Morgan fingerprint density at radius 3 is 2.45 bits per heavy atom. The van der Waals surface area contributed by atoms with Crippen molar-refractivity contribution in [3.63, 3.8) is 0 Å². The first-order valence-corrected chi connectivity index (χ1v) is 7.05. The van der Waals surface area contributed by atoms with Crippen LogP contribution >= 0.6 is 12.4 Å². The summed E-state index contributed by atoms with van der Waals surface area (Å²) >= 11 is 0. The van der Waals surface area contributed by atoms with Crippen LogP contribution in [0.15, 0.2) is 24.3 Å². The minimum absolute atomic E-state index is 0. The van der Waals surface area contributed by atoms with E-state index in [1.165, 1.54) is 0 Å². The summed E-state index contributed by atoms with van der Waals surface area (Å²) in [7, 11) is 0. The van der Waals surface area contributed by atoms with Crippen LogP contribution in [0, 0.1) is 0 Å². The van der Waals surface area contributed by atoms with Gasteiger partial charge in [-0.15, -0.1) is 12.4 Å². The molecule has 0 aliphatic rings. The Bertz CT molecular complexity index is 469. The molecule has 1 rings (SSSR count). The van der Waals surface area contributed by atoms with Crippen LogP contribution in [0.3, 0.4) is 0 Å². The minimum Gasteiger partial charge on any atom is -0.377 e. The maximum Gasteiger partial charge on any atom is 0.239 e. The maximum absolute atomic E-state index is 11.6. The molecule has 4 N–H and O–H groups in total. The number of nitrogens with one attached hydrogen (secondary N) is 2. The molecule has 0 saturated carbocycles. The van der Waals surface area contributed by atoms with Gasteiger partial charge in [0.2, 0.25) is 11.8 Å². The van der Waals surface area contributed by atoms with Gasteiger partial charge in [-0.05, 0) is 17.5 Å². The average Bonchev–Trinajstić information content (AvgIpc) is 2.51. The van der Waals surface area contributed by atoms with Crippen LogP contribution < -0.4 is 16.4 Å². The van der Waals surface area contributed by atoms with Gasteiger partial charge in [-0.3, -0.25) is 9.59 Å². The lowest BCUT2D eigenvalue weighted by atomic mass is 10.1. The second-order valence-electron chi connectivity index (χ2n) is 4.58. The molecule has 22 heavy (non-hydrogen) atoms. The molecule has 0 aromatic heterocycles. The maximum atomic E-state index is 11.6. The molecule has 0 heterocycles. The van der Waals surface area contributed by atoms with Crippen molar-refractivity contribution < 1.29 is 14.3 Å². The SMILES string of the molecule is CCCOCc1ccccc1CNC(=O)CNC(=O)CN.Cl. The van der Waals surface area contributed by atoms with Gasteiger partial charge < -0.3 is 21.1 Å². The van der Waals surface area contributed by atoms with Crippen LogP contribution in [-0.2, 0) is 27.5 Å². The van der Waals surface area contributed by atoms with E-state index in [1.807, 2.05) is 24.3 Å². The number of amides is 2. The molecule has 7 heteroatoms. The molecule has 0 saturated heterocycles. The number of halogens is 1. The van der Waals surface area contributed by atoms with Crippen LogP contribution in [0.5, 0.6) is 0 Å². The Labute approximate surface area is 137 Å². The summed E-state index contributed by atoms with van der Waals surface area (Å²) in [5.74, 6) is -0.598. The largest absolute Gasteiger partial charge is 0.377 e. The molecule has 0 fully saturated rings. The van der Waals surface area contributed by atoms with Gasteiger partial charge in [-0.25, -0.2) is 0 Å². The zero-order chi connectivity index (χ0) is 15.5. The van der Waals surface area contributed by atoms with Gasteiger partial charge in [0.1, 0.15) is 0 Å². The van der Waals surface area contributed by atoms with E-state index < -0.39 is 0 Å². The topological polar surface area (TPSA) is 93.5 Å². The molecule has 2 amide bonds. The number of benzene rings is 1. The second-order valence-corrected chi connectivity index (χ2v) is 4.58. The van der Waals surface area contributed by atoms with E-state index in [-0.39, 0.29) is 37.3 Å². The first-order valence-electron chi connectivity index (χ1n) is 7.05. The molecule has 0 aliphatic heterocycles. The molecule has 0 atom stereocenters. The Kier molecular flexibility index (Phi) is 11.1. The summed E-state index contributed by atoms with van der Waals surface area (Å²) in [6, 6.07) is 7.79. The molecular formula is C15H24ClN3O3. The van der Waals surface area contributed by atoms with Crippen molar-refractivity contribution >= 4 is 24.2 Å². The summed E-state index contributed by atoms with van der Waals surface area (Å²) in [6.45, 7) is 3.52. The fraction of sp³-hybridized carbons (Fsp3) is 0.467. The van der Waals surface area contributed by atoms with E-state index in [0.717, 1.165) is 17.5 Å². The highest BCUT2D eigenvalue weighted by atomic mass is 35.5. The number of ether oxygens (including phenoxy) is 1. The zero-order valence-electron chi connectivity index (χ0n) is 12.8. The molecule has 0 unspecified atom stereocenters. The van der Waals surface area contributed by atoms with Crippen LogP contribution in [0.4, 0.5) is 0 Å². The molecule has 1 aromatic carbocycles. The van der Waals surface area contributed by atoms with Crippen molar-refractivity contribution in [3.05, 3.63) is 35.4 Å². The number of hydrogen-bond donors (Lipinski definition) is 3. The van der Waals surface area contributed by atoms with Gasteiger partial charge in [0, 0.05) is 13.2 Å². The lowest BCUT2D eigenvalue weighted by Gasteiger charge is -2.11. The highest BCUT2D eigenvalue weighted by Crippen LogP contribution is 2.10. The van der Waals surface area contributed by atoms with E-state index in [0.29, 0.717) is 19.8 Å². The predicted molar refractivity (Wildman–Crippen MR) is 87.5 cm³/mol. The highest BCUT2D eigenvalue weighted by Gasteiger charge is 2.06. The van der Waals surface area contributed by atoms with Crippen molar-refractivity contribution in [2.45, 2.75) is 26.5 Å². The monoisotopic (exact) mass is 329 g/mol. The average molecular weight is 330 g/mol. The second kappa shape index (κ2) is 12.0. The number of carbonyl (C=O) groups is 2. The third-order valence-electron chi connectivity index (χ3n) is 2.83. The Morgan fingerprint density at radius 1 is 1.14 bits per heavy atom. The van der Waals surface area contributed by atoms with Gasteiger partial charge in [0.25, 0.3) is 0 Å². The van der Waals surface area contributed by atoms with Gasteiger partial charge in [-0.1, -0.05) is 31.2 Å². The fourth-order valence-corrected chi connectivity index (χ4v) is 1.70. The molecule has 0 spiro atoms. The number of hydrogen-bond acceptors (Lipinski definition) is 4. The first kappa shape index (κ1) is 20.4. The molecule has 0 aliphatic carbocycles. The van der Waals surface area contributed by atoms with E-state index in [1.54, 1.807) is 0 Å². The fourth-order valence-electron chi connectivity index (χ4n) is 1.70. The van der Waals surface area contributed by atoms with Crippen molar-refractivity contribution in [2.75, 3.05) is 19.7 Å². The molecule has 6 nitrogen and oxygen atoms in total. The number of carbonyl (C=O) groups excluding carboxylic acids is 2. The smallest absolute Gasteiger partial charge is 0.239 e. The summed E-state index contributed by atoms with van der Waals surface area (Å²) in [6.07, 6.45) is 0.972. The highest BCUT2D eigenvalue weighted by molar-refractivity contribution is 5.85. The van der Waals surface area contributed by atoms with Gasteiger partial charge in [0.05, 0.1) is 19.7 Å². The molecule has 124 valence electrons. The first-order chi connectivity index (χ1) is 10.2. The van der Waals surface area contributed by atoms with Crippen molar-refractivity contribution in [1.29, 1.82) is 0 Å². The third kappa shape index (κ3) is 7.97. The lowest BCUT2D eigenvalue weighted by molar-refractivity contribution is -0.125. The quantitative estimate of drug-likeness (QED) is 0.582. The van der Waals surface area contributed by atoms with Crippen molar-refractivity contribution in [3.8, 4) is 0 Å². The predicted octanol–water partition coefficient (Wildman–Crippen LogP) is 0.726. The normalized spacial score (nSPS) is 9.73. The van der Waals surface area contributed by atoms with E-state index in [4.69, 9.17) is 10.5 Å². The zero-order valence-corrected chi connectivity index (χ0v) is 13.6. The summed E-state index contributed by atoms with van der Waals surface area (Å²) in [4.78, 5) is 22.6. The van der Waals surface area contributed by atoms with Gasteiger partial charge in [-0.2, -0.15) is 0 Å². The van der Waals surface area contributed by atoms with Crippen LogP contribution in [-0.4, -0.2) is 31.5 Å². The Hall–Kier alpha value is -1.63. The number of rotatable bonds is 9. The van der Waals surface area contributed by atoms with Crippen LogP contribution in [0.2, 0.25) is 0 Å². The summed E-state index contributed by atoms with van der Waals surface area (Å²) in [5.41, 5.74) is 7.20. The standard InChI is InChI=1S/C15H23N3O3.ClH/c1-2-7-21-11-13-6-4-3-5-12(13)9-17-15(20)10-18-14(19)8-16;/h3-6H,2,7-11,16H2,1H3,(H,17,20)(H,18,19);1H. The van der Waals surface area contributed by atoms with E-state index in [2.05, 4.69) is 17.6 Å². The van der Waals surface area contributed by atoms with Crippen LogP contribution in [0.25, 0.3) is 0 Å². The van der Waals surface area contributed by atoms with Crippen molar-refractivity contribution in [2.24, 2.45) is 5.73 Å². The van der Waals surface area contributed by atoms with Crippen molar-refractivity contribution in [1.82, 2.24) is 10.6 Å². The molecule has 0 radical (unpaired) electrons. The van der Waals surface area contributed by atoms with Gasteiger partial charge in [0.15, 0.2) is 0 Å². The van der Waals surface area contributed by atoms with Gasteiger partial charge >= 0.3 is 0 Å². The van der Waals surface area contributed by atoms with Crippen LogP contribution in [0.1, 0.15) is 24.5 Å². The third-order valence-corrected chi connectivity index (χ3v) is 2.83. The molecule has 1 aromatic rings. The number of nitrogens with two attached hydrogens (primary N) is 1. The minimum atomic E-state index is -0.349. The summed E-state index contributed by atoms with van der Waals surface area (Å²) in [5, 5.41) is 5.18. The van der Waals surface area contributed by atoms with E-state index in [9.17, 15) is 9.59 Å². The molecule has 0 bridgehead atoms. The Balaban J connectivity index is 0.00000441. The van der Waals surface area contributed by atoms with E-state index >= 15 is 0 Å². The Morgan fingerprint density at radius 2 is 1.82 bits per heavy atom.